The molecule has 118 valence electrons. The summed E-state index contributed by atoms with van der Waals surface area (Å²) in [4.78, 5) is 15.0. The number of hydrogen-bond acceptors (Lipinski definition) is 4. The van der Waals surface area contributed by atoms with Crippen LogP contribution in [0.25, 0.3) is 5.65 Å². The summed E-state index contributed by atoms with van der Waals surface area (Å²) < 4.78 is 26.3. The first kappa shape index (κ1) is 15.5. The number of fused-ring (bicyclic) bond motifs is 1. The van der Waals surface area contributed by atoms with Crippen molar-refractivity contribution in [2.45, 2.75) is 10.6 Å². The predicted octanol–water partition coefficient (Wildman–Crippen LogP) is 2.66. The Kier molecular flexibility index (Phi) is 3.83. The van der Waals surface area contributed by atoms with Crippen molar-refractivity contribution in [1.29, 1.82) is 0 Å². The van der Waals surface area contributed by atoms with Crippen LogP contribution in [-0.2, 0) is 15.6 Å². The predicted molar refractivity (Wildman–Crippen MR) is 84.5 cm³/mol. The maximum absolute atomic E-state index is 12.6. The first-order valence-corrected chi connectivity index (χ1v) is 8.58. The number of halogens is 1. The summed E-state index contributed by atoms with van der Waals surface area (Å²) >= 11 is 6.05. The van der Waals surface area contributed by atoms with Gasteiger partial charge >= 0.3 is 5.97 Å². The summed E-state index contributed by atoms with van der Waals surface area (Å²) in [6.45, 7) is 0. The van der Waals surface area contributed by atoms with E-state index in [-0.39, 0.29) is 27.0 Å². The second-order valence-corrected chi connectivity index (χ2v) is 7.31. The molecular formula is C15H11ClN2O4S. The molecule has 3 rings (SSSR count). The lowest BCUT2D eigenvalue weighted by Gasteiger charge is -2.07. The molecule has 2 heterocycles. The molecule has 23 heavy (non-hydrogen) atoms. The third kappa shape index (κ3) is 2.93. The Labute approximate surface area is 136 Å². The Bertz CT molecular complexity index is 997. The molecule has 6 nitrogen and oxygen atoms in total. The van der Waals surface area contributed by atoms with Crippen LogP contribution in [0.2, 0.25) is 5.02 Å². The zero-order valence-corrected chi connectivity index (χ0v) is 13.3. The Balaban J connectivity index is 2.12. The van der Waals surface area contributed by atoms with Crippen molar-refractivity contribution in [2.75, 3.05) is 0 Å². The molecule has 2 aromatic heterocycles. The number of carboxylic acids is 1. The molecule has 1 N–H and O–H groups in total. The zero-order chi connectivity index (χ0) is 16.6. The van der Waals surface area contributed by atoms with E-state index in [2.05, 4.69) is 4.98 Å². The van der Waals surface area contributed by atoms with E-state index in [4.69, 9.17) is 16.7 Å². The molecule has 0 unspecified atom stereocenters. The van der Waals surface area contributed by atoms with Crippen molar-refractivity contribution in [3.8, 4) is 0 Å². The fourth-order valence-corrected chi connectivity index (χ4v) is 3.91. The number of aromatic carboxylic acids is 1. The van der Waals surface area contributed by atoms with Gasteiger partial charge in [-0.15, -0.1) is 0 Å². The van der Waals surface area contributed by atoms with Crippen molar-refractivity contribution in [1.82, 2.24) is 9.38 Å². The Morgan fingerprint density at radius 3 is 2.61 bits per heavy atom. The van der Waals surface area contributed by atoms with Crippen molar-refractivity contribution in [3.05, 3.63) is 65.1 Å². The van der Waals surface area contributed by atoms with E-state index in [1.807, 2.05) is 0 Å². The topological polar surface area (TPSA) is 88.7 Å². The van der Waals surface area contributed by atoms with Crippen molar-refractivity contribution in [3.63, 3.8) is 0 Å². The molecule has 0 saturated carbocycles. The molecular weight excluding hydrogens is 340 g/mol. The minimum absolute atomic E-state index is 0.0562. The highest BCUT2D eigenvalue weighted by Gasteiger charge is 2.20. The number of sulfone groups is 1. The largest absolute Gasteiger partial charge is 0.477 e. The van der Waals surface area contributed by atoms with Crippen LogP contribution in [0.3, 0.4) is 0 Å². The van der Waals surface area contributed by atoms with Crippen LogP contribution in [0.5, 0.6) is 0 Å². The third-order valence-electron chi connectivity index (χ3n) is 3.31. The molecule has 0 aliphatic rings. The summed E-state index contributed by atoms with van der Waals surface area (Å²) in [7, 11) is -3.67. The monoisotopic (exact) mass is 350 g/mol. The molecule has 1 aromatic carbocycles. The quantitative estimate of drug-likeness (QED) is 0.781. The lowest BCUT2D eigenvalue weighted by Crippen LogP contribution is -2.08. The molecule has 0 aliphatic heterocycles. The summed E-state index contributed by atoms with van der Waals surface area (Å²) in [5.74, 6) is -1.42. The van der Waals surface area contributed by atoms with Crippen LogP contribution in [0, 0.1) is 0 Å². The van der Waals surface area contributed by atoms with Crippen LogP contribution < -0.4 is 0 Å². The molecule has 0 atom stereocenters. The minimum Gasteiger partial charge on any atom is -0.477 e. The van der Waals surface area contributed by atoms with Gasteiger partial charge in [-0.3, -0.25) is 4.40 Å². The first-order chi connectivity index (χ1) is 10.9. The van der Waals surface area contributed by atoms with Crippen molar-refractivity contribution < 1.29 is 18.3 Å². The van der Waals surface area contributed by atoms with Gasteiger partial charge in [0, 0.05) is 6.20 Å². The van der Waals surface area contributed by atoms with E-state index in [1.54, 1.807) is 30.3 Å². The molecule has 0 amide bonds. The van der Waals surface area contributed by atoms with E-state index in [1.165, 1.54) is 16.7 Å². The number of hydrogen-bond donors (Lipinski definition) is 1. The number of nitrogens with zero attached hydrogens (tertiary/aromatic N) is 2. The van der Waals surface area contributed by atoms with Crippen LogP contribution in [0.4, 0.5) is 0 Å². The van der Waals surface area contributed by atoms with Gasteiger partial charge in [0.2, 0.25) is 0 Å². The van der Waals surface area contributed by atoms with Crippen LogP contribution >= 0.6 is 11.6 Å². The van der Waals surface area contributed by atoms with Gasteiger partial charge < -0.3 is 5.11 Å². The molecule has 0 saturated heterocycles. The number of aromatic nitrogens is 2. The van der Waals surface area contributed by atoms with Gasteiger partial charge in [0.25, 0.3) is 0 Å². The summed E-state index contributed by atoms with van der Waals surface area (Å²) in [5.41, 5.74) is 0.675. The maximum Gasteiger partial charge on any atom is 0.354 e. The van der Waals surface area contributed by atoms with E-state index >= 15 is 0 Å². The van der Waals surface area contributed by atoms with E-state index in [0.29, 0.717) is 5.56 Å². The summed E-state index contributed by atoms with van der Waals surface area (Å²) in [6, 6.07) is 9.99. The molecule has 0 fully saturated rings. The Morgan fingerprint density at radius 1 is 1.26 bits per heavy atom. The fraction of sp³-hybridized carbons (Fsp3) is 0.0667. The van der Waals surface area contributed by atoms with Gasteiger partial charge in [-0.05, 0) is 11.6 Å². The zero-order valence-electron chi connectivity index (χ0n) is 11.7. The molecule has 0 aliphatic carbocycles. The highest BCUT2D eigenvalue weighted by atomic mass is 35.5. The summed E-state index contributed by atoms with van der Waals surface area (Å²) in [5, 5.41) is 9.21. The highest BCUT2D eigenvalue weighted by molar-refractivity contribution is 7.90. The summed E-state index contributed by atoms with van der Waals surface area (Å²) in [6.07, 6.45) is 2.37. The van der Waals surface area contributed by atoms with Crippen molar-refractivity contribution >= 4 is 33.1 Å². The second-order valence-electron chi connectivity index (χ2n) is 4.91. The number of rotatable bonds is 4. The SMILES string of the molecule is O=C(O)c1cnc2c(Cl)cc(S(=O)(=O)Cc3ccccc3)cn12. The smallest absolute Gasteiger partial charge is 0.354 e. The number of benzene rings is 1. The molecule has 0 bridgehead atoms. The Morgan fingerprint density at radius 2 is 1.96 bits per heavy atom. The third-order valence-corrected chi connectivity index (χ3v) is 5.25. The van der Waals surface area contributed by atoms with Gasteiger partial charge in [0.15, 0.2) is 21.2 Å². The van der Waals surface area contributed by atoms with Gasteiger partial charge in [-0.2, -0.15) is 0 Å². The van der Waals surface area contributed by atoms with Crippen LogP contribution in [0.1, 0.15) is 16.1 Å². The van der Waals surface area contributed by atoms with E-state index in [9.17, 15) is 13.2 Å². The van der Waals surface area contributed by atoms with E-state index < -0.39 is 15.8 Å². The van der Waals surface area contributed by atoms with Crippen LogP contribution in [0.15, 0.2) is 53.7 Å². The van der Waals surface area contributed by atoms with Crippen molar-refractivity contribution in [2.24, 2.45) is 0 Å². The average molecular weight is 351 g/mol. The Hall–Kier alpha value is -2.38. The fourth-order valence-electron chi connectivity index (χ4n) is 2.23. The average Bonchev–Trinajstić information content (AvgIpc) is 2.92. The molecule has 0 spiro atoms. The molecule has 3 aromatic rings. The van der Waals surface area contributed by atoms with Gasteiger partial charge in [0.05, 0.1) is 21.9 Å². The van der Waals surface area contributed by atoms with Gasteiger partial charge in [-0.1, -0.05) is 41.9 Å². The number of imidazole rings is 1. The van der Waals surface area contributed by atoms with Gasteiger partial charge in [-0.25, -0.2) is 18.2 Å². The molecule has 8 heteroatoms. The normalized spacial score (nSPS) is 11.7. The first-order valence-electron chi connectivity index (χ1n) is 6.55. The lowest BCUT2D eigenvalue weighted by atomic mass is 10.2. The standard InChI is InChI=1S/C15H11ClN2O4S/c16-12-6-11(8-18-13(15(19)20)7-17-14(12)18)23(21,22)9-10-4-2-1-3-5-10/h1-8H,9H2,(H,19,20). The maximum atomic E-state index is 12.6. The second kappa shape index (κ2) is 5.68. The van der Waals surface area contributed by atoms with E-state index in [0.717, 1.165) is 6.20 Å². The van der Waals surface area contributed by atoms with Gasteiger partial charge in [0.1, 0.15) is 0 Å². The van der Waals surface area contributed by atoms with Crippen LogP contribution in [-0.4, -0.2) is 28.9 Å². The number of pyridine rings is 1. The highest BCUT2D eigenvalue weighted by Crippen LogP contribution is 2.24. The number of carboxylic acid groups (broad SMARTS) is 1. The minimum atomic E-state index is -3.67. The lowest BCUT2D eigenvalue weighted by molar-refractivity contribution is 0.0689. The number of carbonyl (C=O) groups is 1. The molecule has 0 radical (unpaired) electrons.